The number of carbonyl (C=O) groups is 1. The van der Waals surface area contributed by atoms with Gasteiger partial charge in [0.2, 0.25) is 0 Å². The van der Waals surface area contributed by atoms with Gasteiger partial charge in [0, 0.05) is 45.7 Å². The molecule has 2 aliphatic rings. The van der Waals surface area contributed by atoms with Crippen molar-refractivity contribution >= 4 is 17.0 Å². The number of rotatable bonds is 2. The SMILES string of the molecule is CN1CC2(CCN(Cc3cc4ccccc4n(C)c3=O)C2)OC1=O. The maximum absolute atomic E-state index is 12.6. The third kappa shape index (κ3) is 2.38. The Morgan fingerprint density at radius 1 is 1.17 bits per heavy atom. The number of fused-ring (bicyclic) bond motifs is 1. The van der Waals surface area contributed by atoms with Crippen LogP contribution in [-0.2, 0) is 18.3 Å². The number of amides is 1. The van der Waals surface area contributed by atoms with E-state index in [4.69, 9.17) is 4.74 Å². The van der Waals surface area contributed by atoms with Gasteiger partial charge in [0.25, 0.3) is 5.56 Å². The molecule has 1 atom stereocenters. The van der Waals surface area contributed by atoms with Crippen LogP contribution >= 0.6 is 0 Å². The van der Waals surface area contributed by atoms with Crippen LogP contribution in [0.1, 0.15) is 12.0 Å². The molecule has 6 nitrogen and oxygen atoms in total. The normalized spacial score (nSPS) is 24.2. The van der Waals surface area contributed by atoms with Crippen molar-refractivity contribution in [1.82, 2.24) is 14.4 Å². The van der Waals surface area contributed by atoms with E-state index in [0.29, 0.717) is 19.6 Å². The number of hydrogen-bond acceptors (Lipinski definition) is 4. The van der Waals surface area contributed by atoms with Gasteiger partial charge in [-0.05, 0) is 17.5 Å². The van der Waals surface area contributed by atoms with Crippen molar-refractivity contribution in [2.24, 2.45) is 7.05 Å². The molecule has 1 amide bonds. The molecule has 4 rings (SSSR count). The molecule has 2 saturated heterocycles. The van der Waals surface area contributed by atoms with Gasteiger partial charge in [-0.3, -0.25) is 9.69 Å². The van der Waals surface area contributed by atoms with Gasteiger partial charge in [-0.25, -0.2) is 4.79 Å². The van der Waals surface area contributed by atoms with Gasteiger partial charge in [-0.15, -0.1) is 0 Å². The molecule has 0 bridgehead atoms. The van der Waals surface area contributed by atoms with Gasteiger partial charge >= 0.3 is 6.09 Å². The second kappa shape index (κ2) is 5.34. The van der Waals surface area contributed by atoms with Crippen LogP contribution in [0, 0.1) is 0 Å². The van der Waals surface area contributed by atoms with E-state index >= 15 is 0 Å². The lowest BCUT2D eigenvalue weighted by atomic mass is 10.0. The van der Waals surface area contributed by atoms with E-state index in [1.54, 1.807) is 16.5 Å². The summed E-state index contributed by atoms with van der Waals surface area (Å²) in [5.41, 5.74) is 1.35. The summed E-state index contributed by atoms with van der Waals surface area (Å²) < 4.78 is 7.28. The van der Waals surface area contributed by atoms with E-state index < -0.39 is 5.60 Å². The summed E-state index contributed by atoms with van der Waals surface area (Å²) in [4.78, 5) is 28.1. The monoisotopic (exact) mass is 327 g/mol. The molecule has 2 aliphatic heterocycles. The first-order valence-electron chi connectivity index (χ1n) is 8.22. The smallest absolute Gasteiger partial charge is 0.410 e. The first-order chi connectivity index (χ1) is 11.5. The second-order valence-electron chi connectivity index (χ2n) is 6.96. The number of hydrogen-bond donors (Lipinski definition) is 0. The topological polar surface area (TPSA) is 54.8 Å². The van der Waals surface area contributed by atoms with Crippen molar-refractivity contribution in [2.45, 2.75) is 18.6 Å². The van der Waals surface area contributed by atoms with Crippen molar-refractivity contribution in [3.05, 3.63) is 46.2 Å². The molecule has 0 N–H and O–H groups in total. The maximum atomic E-state index is 12.6. The summed E-state index contributed by atoms with van der Waals surface area (Å²) >= 11 is 0. The number of benzene rings is 1. The molecule has 126 valence electrons. The Hall–Kier alpha value is -2.34. The summed E-state index contributed by atoms with van der Waals surface area (Å²) in [6.07, 6.45) is 0.565. The Morgan fingerprint density at radius 2 is 1.96 bits per heavy atom. The Morgan fingerprint density at radius 3 is 2.71 bits per heavy atom. The van der Waals surface area contributed by atoms with Crippen LogP contribution in [-0.4, -0.2) is 52.7 Å². The third-order valence-electron chi connectivity index (χ3n) is 5.14. The number of carbonyl (C=O) groups excluding carboxylic acids is 1. The number of aryl methyl sites for hydroxylation is 1. The molecule has 1 aromatic heterocycles. The van der Waals surface area contributed by atoms with E-state index in [1.165, 1.54) is 0 Å². The van der Waals surface area contributed by atoms with Gasteiger partial charge in [0.1, 0.15) is 5.60 Å². The van der Waals surface area contributed by atoms with Gasteiger partial charge in [0.15, 0.2) is 0 Å². The Labute approximate surface area is 140 Å². The van der Waals surface area contributed by atoms with E-state index in [0.717, 1.165) is 29.4 Å². The fourth-order valence-electron chi connectivity index (χ4n) is 3.91. The van der Waals surface area contributed by atoms with Crippen LogP contribution in [0.5, 0.6) is 0 Å². The maximum Gasteiger partial charge on any atom is 0.410 e. The number of aromatic nitrogens is 1. The van der Waals surface area contributed by atoms with Gasteiger partial charge in [-0.2, -0.15) is 0 Å². The van der Waals surface area contributed by atoms with E-state index in [-0.39, 0.29) is 11.7 Å². The van der Waals surface area contributed by atoms with Crippen LogP contribution in [0.2, 0.25) is 0 Å². The lowest BCUT2D eigenvalue weighted by Crippen LogP contribution is -2.37. The molecule has 1 aromatic carbocycles. The average molecular weight is 327 g/mol. The van der Waals surface area contributed by atoms with Crippen molar-refractivity contribution in [1.29, 1.82) is 0 Å². The molecule has 6 heteroatoms. The first-order valence-corrected chi connectivity index (χ1v) is 8.22. The molecular formula is C18H21N3O3. The number of likely N-dealkylation sites (tertiary alicyclic amines) is 1. The average Bonchev–Trinajstić information content (AvgIpc) is 3.07. The number of pyridine rings is 1. The van der Waals surface area contributed by atoms with Crippen molar-refractivity contribution < 1.29 is 9.53 Å². The molecule has 24 heavy (non-hydrogen) atoms. The number of nitrogens with zero attached hydrogens (tertiary/aromatic N) is 3. The number of likely N-dealkylation sites (N-methyl/N-ethyl adjacent to an activating group) is 1. The molecule has 0 radical (unpaired) electrons. The van der Waals surface area contributed by atoms with Crippen LogP contribution in [0.3, 0.4) is 0 Å². The lowest BCUT2D eigenvalue weighted by Gasteiger charge is -2.22. The van der Waals surface area contributed by atoms with Crippen molar-refractivity contribution in [3.8, 4) is 0 Å². The Bertz CT molecular complexity index is 875. The summed E-state index contributed by atoms with van der Waals surface area (Å²) in [6.45, 7) is 2.72. The molecule has 0 saturated carbocycles. The molecule has 2 fully saturated rings. The van der Waals surface area contributed by atoms with E-state index in [9.17, 15) is 9.59 Å². The highest BCUT2D eigenvalue weighted by atomic mass is 16.6. The van der Waals surface area contributed by atoms with E-state index in [1.807, 2.05) is 37.4 Å². The molecular weight excluding hydrogens is 306 g/mol. The molecule has 2 aromatic rings. The van der Waals surface area contributed by atoms with Crippen molar-refractivity contribution in [3.63, 3.8) is 0 Å². The van der Waals surface area contributed by atoms with Crippen LogP contribution < -0.4 is 5.56 Å². The van der Waals surface area contributed by atoms with Crippen LogP contribution in [0.15, 0.2) is 35.1 Å². The fraction of sp³-hybridized carbons (Fsp3) is 0.444. The summed E-state index contributed by atoms with van der Waals surface area (Å²) in [5, 5.41) is 1.07. The van der Waals surface area contributed by atoms with Crippen LogP contribution in [0.4, 0.5) is 4.79 Å². The summed E-state index contributed by atoms with van der Waals surface area (Å²) in [7, 11) is 3.58. The predicted molar refractivity (Wildman–Crippen MR) is 90.9 cm³/mol. The quantitative estimate of drug-likeness (QED) is 0.840. The third-order valence-corrected chi connectivity index (χ3v) is 5.14. The minimum absolute atomic E-state index is 0.0372. The van der Waals surface area contributed by atoms with Gasteiger partial charge < -0.3 is 14.2 Å². The molecule has 1 unspecified atom stereocenters. The summed E-state index contributed by atoms with van der Waals surface area (Å²) in [5.74, 6) is 0. The highest BCUT2D eigenvalue weighted by Gasteiger charge is 2.48. The van der Waals surface area contributed by atoms with Gasteiger partial charge in [0.05, 0.1) is 12.1 Å². The standard InChI is InChI=1S/C18H21N3O3/c1-19-11-18(24-17(19)23)7-8-21(12-18)10-14-9-13-5-3-4-6-15(13)20(2)16(14)22/h3-6,9H,7-8,10-12H2,1-2H3. The second-order valence-corrected chi connectivity index (χ2v) is 6.96. The minimum Gasteiger partial charge on any atom is -0.439 e. The number of para-hydroxylation sites is 1. The zero-order chi connectivity index (χ0) is 16.9. The highest BCUT2D eigenvalue weighted by molar-refractivity contribution is 5.79. The largest absolute Gasteiger partial charge is 0.439 e. The lowest BCUT2D eigenvalue weighted by molar-refractivity contribution is 0.0627. The zero-order valence-electron chi connectivity index (χ0n) is 14.0. The van der Waals surface area contributed by atoms with E-state index in [2.05, 4.69) is 4.90 Å². The minimum atomic E-state index is -0.409. The van der Waals surface area contributed by atoms with Gasteiger partial charge in [-0.1, -0.05) is 18.2 Å². The first kappa shape index (κ1) is 15.2. The van der Waals surface area contributed by atoms with Crippen LogP contribution in [0.25, 0.3) is 10.9 Å². The fourth-order valence-corrected chi connectivity index (χ4v) is 3.91. The molecule has 0 aliphatic carbocycles. The van der Waals surface area contributed by atoms with Crippen molar-refractivity contribution in [2.75, 3.05) is 26.7 Å². The Kier molecular flexibility index (Phi) is 3.38. The molecule has 3 heterocycles. The summed E-state index contributed by atoms with van der Waals surface area (Å²) in [6, 6.07) is 9.89. The number of ether oxygens (including phenoxy) is 1. The molecule has 1 spiro atoms. The highest BCUT2D eigenvalue weighted by Crippen LogP contribution is 2.32. The predicted octanol–water partition coefficient (Wildman–Crippen LogP) is 1.56. The zero-order valence-corrected chi connectivity index (χ0v) is 14.0. The Balaban J connectivity index is 1.59.